The van der Waals surface area contributed by atoms with E-state index in [4.69, 9.17) is 0 Å². The van der Waals surface area contributed by atoms with Crippen molar-refractivity contribution in [2.24, 2.45) is 0 Å². The Morgan fingerprint density at radius 1 is 0.509 bits per heavy atom. The van der Waals surface area contributed by atoms with Gasteiger partial charge in [-0.2, -0.15) is 0 Å². The van der Waals surface area contributed by atoms with Crippen LogP contribution in [0.1, 0.15) is 0 Å². The summed E-state index contributed by atoms with van der Waals surface area (Å²) < 4.78 is 58.3. The van der Waals surface area contributed by atoms with Crippen LogP contribution in [-0.2, 0) is 19.7 Å². The van der Waals surface area contributed by atoms with E-state index in [0.29, 0.717) is 44.8 Å². The Labute approximate surface area is 304 Å². The predicted molar refractivity (Wildman–Crippen MR) is 200 cm³/mol. The molecule has 0 spiro atoms. The van der Waals surface area contributed by atoms with Crippen molar-refractivity contribution in [3.8, 4) is 5.95 Å². The molecule has 0 radical (unpaired) electrons. The Morgan fingerprint density at radius 3 is 1.40 bits per heavy atom. The third kappa shape index (κ3) is 6.00. The lowest BCUT2D eigenvalue weighted by molar-refractivity contribution is 0.594. The summed E-state index contributed by atoms with van der Waals surface area (Å²) in [5, 5.41) is 17.4. The lowest BCUT2D eigenvalue weighted by Gasteiger charge is -2.19. The predicted octanol–water partition coefficient (Wildman–Crippen LogP) is 6.36. The fourth-order valence-corrected chi connectivity index (χ4v) is 8.81. The molecule has 0 amide bonds. The zero-order valence-corrected chi connectivity index (χ0v) is 29.9. The lowest BCUT2D eigenvalue weighted by Crippen LogP contribution is -2.12. The van der Waals surface area contributed by atoms with E-state index in [0.717, 1.165) is 0 Å². The zero-order valence-electron chi connectivity index (χ0n) is 28.3. The van der Waals surface area contributed by atoms with E-state index in [-0.39, 0.29) is 25.5 Å². The molecule has 0 aliphatic heterocycles. The largest absolute Gasteiger partial charge is 0.329 e. The van der Waals surface area contributed by atoms with E-state index in [1.807, 2.05) is 62.6 Å². The van der Waals surface area contributed by atoms with Gasteiger partial charge in [-0.25, -0.2) is 26.8 Å². The maximum atomic E-state index is 14.2. The summed E-state index contributed by atoms with van der Waals surface area (Å²) >= 11 is 0. The van der Waals surface area contributed by atoms with E-state index in [1.54, 1.807) is 75.3 Å². The van der Waals surface area contributed by atoms with Gasteiger partial charge in [-0.1, -0.05) is 36.4 Å². The fraction of sp³-hybridized carbons (Fsp3) is 0.0526. The van der Waals surface area contributed by atoms with Crippen molar-refractivity contribution in [1.82, 2.24) is 34.9 Å². The van der Waals surface area contributed by atoms with Gasteiger partial charge in [-0.3, -0.25) is 4.57 Å². The maximum absolute atomic E-state index is 14.2. The maximum Gasteiger partial charge on any atom is 0.273 e. The molecule has 0 saturated heterocycles. The third-order valence-corrected chi connectivity index (χ3v) is 12.4. The molecule has 15 heteroatoms. The molecule has 53 heavy (non-hydrogen) atoms. The highest BCUT2D eigenvalue weighted by Crippen LogP contribution is 2.37. The highest BCUT2D eigenvalue weighted by atomic mass is 32.2. The molecule has 8 rings (SSSR count). The van der Waals surface area contributed by atoms with Crippen LogP contribution in [0.25, 0.3) is 27.8 Å². The minimum atomic E-state index is -4.04. The SMILES string of the molecule is CN(c1cccc(S(=O)(=O)c2ccc3c4ccc(S(=O)(=O)c5cccc(N(C)c6ccccn6)c5)cc4n(-c4nncnn4)c3c2)c1)c1ccccn1. The number of fused-ring (bicyclic) bond motifs is 3. The minimum Gasteiger partial charge on any atom is -0.329 e. The van der Waals surface area contributed by atoms with Gasteiger partial charge in [0.05, 0.1) is 30.6 Å². The highest BCUT2D eigenvalue weighted by molar-refractivity contribution is 7.91. The van der Waals surface area contributed by atoms with E-state index < -0.39 is 19.7 Å². The summed E-state index contributed by atoms with van der Waals surface area (Å²) in [7, 11) is -4.46. The molecular weight excluding hydrogens is 711 g/mol. The van der Waals surface area contributed by atoms with Crippen LogP contribution in [-0.4, -0.2) is 65.9 Å². The molecule has 8 aromatic rings. The molecule has 0 aliphatic rings. The molecule has 0 N–H and O–H groups in total. The summed E-state index contributed by atoms with van der Waals surface area (Å²) in [6, 6.07) is 33.8. The molecular formula is C38H29N9O4S2. The Bertz CT molecular complexity index is 2680. The number of aromatic nitrogens is 7. The van der Waals surface area contributed by atoms with Gasteiger partial charge in [0.15, 0.2) is 6.33 Å². The number of sulfone groups is 2. The van der Waals surface area contributed by atoms with Crippen molar-refractivity contribution < 1.29 is 16.8 Å². The number of nitrogens with zero attached hydrogens (tertiary/aromatic N) is 9. The van der Waals surface area contributed by atoms with Gasteiger partial charge in [0, 0.05) is 48.6 Å². The van der Waals surface area contributed by atoms with Crippen molar-refractivity contribution in [1.29, 1.82) is 0 Å². The number of anilines is 4. The zero-order chi connectivity index (χ0) is 36.7. The van der Waals surface area contributed by atoms with Crippen LogP contribution in [0.15, 0.2) is 160 Å². The van der Waals surface area contributed by atoms with Crippen LogP contribution >= 0.6 is 0 Å². The smallest absolute Gasteiger partial charge is 0.273 e. The summed E-state index contributed by atoms with van der Waals surface area (Å²) in [6.45, 7) is 0. The van der Waals surface area contributed by atoms with Crippen molar-refractivity contribution in [2.45, 2.75) is 19.6 Å². The Kier molecular flexibility index (Phi) is 8.35. The Hall–Kier alpha value is -6.58. The first kappa shape index (κ1) is 33.6. The molecule has 0 fully saturated rings. The van der Waals surface area contributed by atoms with E-state index >= 15 is 0 Å². The summed E-state index contributed by atoms with van der Waals surface area (Å²) in [6.07, 6.45) is 4.51. The summed E-state index contributed by atoms with van der Waals surface area (Å²) in [4.78, 5) is 12.5. The van der Waals surface area contributed by atoms with Crippen LogP contribution in [0.4, 0.5) is 23.0 Å². The third-order valence-electron chi connectivity index (χ3n) is 8.94. The van der Waals surface area contributed by atoms with Crippen LogP contribution in [0.3, 0.4) is 0 Å². The van der Waals surface area contributed by atoms with Crippen molar-refractivity contribution in [3.63, 3.8) is 0 Å². The molecule has 0 atom stereocenters. The standard InChI is InChI=1S/C38H29N9O4S2/c1-45(36-13-3-5-19-39-36)26-9-7-11-28(21-26)52(48,49)30-15-17-32-33-18-16-31(24-35(33)47(34(32)23-30)38-43-41-25-42-44-38)53(50,51)29-12-8-10-27(22-29)46(2)37-14-4-6-20-40-37/h3-25H,1-2H3. The first-order valence-electron chi connectivity index (χ1n) is 16.2. The molecule has 4 aromatic heterocycles. The van der Waals surface area contributed by atoms with Crippen LogP contribution in [0.5, 0.6) is 0 Å². The summed E-state index contributed by atoms with van der Waals surface area (Å²) in [5.41, 5.74) is 2.12. The van der Waals surface area contributed by atoms with Crippen molar-refractivity contribution >= 4 is 64.5 Å². The average molecular weight is 740 g/mol. The Balaban J connectivity index is 1.24. The van der Waals surface area contributed by atoms with Crippen LogP contribution in [0, 0.1) is 0 Å². The Morgan fingerprint density at radius 2 is 0.962 bits per heavy atom. The van der Waals surface area contributed by atoms with Gasteiger partial charge >= 0.3 is 0 Å². The molecule has 0 bridgehead atoms. The van der Waals surface area contributed by atoms with Crippen LogP contribution < -0.4 is 9.80 Å². The number of hydrogen-bond donors (Lipinski definition) is 0. The van der Waals surface area contributed by atoms with Gasteiger partial charge in [0.1, 0.15) is 11.6 Å². The fourth-order valence-electron chi connectivity index (χ4n) is 6.18. The van der Waals surface area contributed by atoms with Crippen molar-refractivity contribution in [3.05, 3.63) is 140 Å². The topological polar surface area (TPSA) is 157 Å². The number of pyridine rings is 2. The monoisotopic (exact) mass is 739 g/mol. The van der Waals surface area contributed by atoms with E-state index in [1.165, 1.54) is 30.6 Å². The second kappa shape index (κ2) is 13.2. The number of hydrogen-bond acceptors (Lipinski definition) is 12. The average Bonchev–Trinajstić information content (AvgIpc) is 3.54. The lowest BCUT2D eigenvalue weighted by atomic mass is 10.1. The molecule has 0 aliphatic carbocycles. The first-order chi connectivity index (χ1) is 25.6. The number of benzene rings is 4. The minimum absolute atomic E-state index is 0.0187. The summed E-state index contributed by atoms with van der Waals surface area (Å²) in [5.74, 6) is 1.35. The molecule has 262 valence electrons. The molecule has 0 unspecified atom stereocenters. The van der Waals surface area contributed by atoms with Gasteiger partial charge in [0.2, 0.25) is 19.7 Å². The van der Waals surface area contributed by atoms with E-state index in [2.05, 4.69) is 30.4 Å². The number of rotatable bonds is 9. The molecule has 0 saturated carbocycles. The van der Waals surface area contributed by atoms with Gasteiger partial charge in [0.25, 0.3) is 5.95 Å². The van der Waals surface area contributed by atoms with Gasteiger partial charge < -0.3 is 9.80 Å². The normalized spacial score (nSPS) is 11.9. The second-order valence-corrected chi connectivity index (χ2v) is 15.9. The quantitative estimate of drug-likeness (QED) is 0.162. The second-order valence-electron chi connectivity index (χ2n) is 12.0. The van der Waals surface area contributed by atoms with Crippen LogP contribution in [0.2, 0.25) is 0 Å². The molecule has 13 nitrogen and oxygen atoms in total. The first-order valence-corrected chi connectivity index (χ1v) is 19.2. The van der Waals surface area contributed by atoms with Gasteiger partial charge in [-0.15, -0.1) is 20.4 Å². The molecule has 4 heterocycles. The molecule has 4 aromatic carbocycles. The van der Waals surface area contributed by atoms with E-state index in [9.17, 15) is 16.8 Å². The van der Waals surface area contributed by atoms with Crippen molar-refractivity contribution in [2.75, 3.05) is 23.9 Å². The highest BCUT2D eigenvalue weighted by Gasteiger charge is 2.25. The van der Waals surface area contributed by atoms with Gasteiger partial charge in [-0.05, 0) is 84.9 Å².